The molecule has 0 saturated carbocycles. The predicted octanol–water partition coefficient (Wildman–Crippen LogP) is 1.99. The Balaban J connectivity index is 3.01. The van der Waals surface area contributed by atoms with Crippen molar-refractivity contribution in [2.24, 2.45) is 0 Å². The summed E-state index contributed by atoms with van der Waals surface area (Å²) in [5.74, 6) is 0. The first-order valence-corrected chi connectivity index (χ1v) is 2.90. The summed E-state index contributed by atoms with van der Waals surface area (Å²) < 4.78 is 0. The lowest BCUT2D eigenvalue weighted by Gasteiger charge is -1.90. The molecule has 1 aromatic carbocycles. The molecular weight excluding hydrogens is 110 g/mol. The largest absolute Gasteiger partial charge is 0.308 e. The Morgan fingerprint density at radius 2 is 1.78 bits per heavy atom. The van der Waals surface area contributed by atoms with Crippen molar-refractivity contribution in [2.75, 3.05) is 0 Å². The molecule has 0 aromatic heterocycles. The maximum Gasteiger partial charge on any atom is 0.0250 e. The Morgan fingerprint density at radius 3 is 2.22 bits per heavy atom. The van der Waals surface area contributed by atoms with Crippen LogP contribution in [0, 0.1) is 12.3 Å². The maximum absolute atomic E-state index is 6.89. The van der Waals surface area contributed by atoms with Crippen LogP contribution in [0.1, 0.15) is 11.1 Å². The quantitative estimate of drug-likeness (QED) is 0.547. The smallest absolute Gasteiger partial charge is 0.0250 e. The topological polar surface area (TPSA) is 23.9 Å². The summed E-state index contributed by atoms with van der Waals surface area (Å²) >= 11 is 0. The van der Waals surface area contributed by atoms with Gasteiger partial charge in [0.25, 0.3) is 0 Å². The van der Waals surface area contributed by atoms with E-state index in [-0.39, 0.29) is 0 Å². The molecule has 1 N–H and O–H groups in total. The molecule has 1 nitrogen and oxygen atoms in total. The molecule has 0 saturated heterocycles. The summed E-state index contributed by atoms with van der Waals surface area (Å²) in [5.41, 5.74) is 2.20. The van der Waals surface area contributed by atoms with Gasteiger partial charge in [0.15, 0.2) is 0 Å². The van der Waals surface area contributed by atoms with Gasteiger partial charge in [0, 0.05) is 6.21 Å². The molecule has 1 heteroatoms. The van der Waals surface area contributed by atoms with E-state index in [1.165, 1.54) is 11.8 Å². The molecule has 1 aromatic rings. The van der Waals surface area contributed by atoms with Crippen LogP contribution < -0.4 is 0 Å². The molecular formula is C8H9N. The van der Waals surface area contributed by atoms with E-state index >= 15 is 0 Å². The average molecular weight is 119 g/mol. The van der Waals surface area contributed by atoms with E-state index in [1.807, 2.05) is 31.2 Å². The molecule has 0 spiro atoms. The minimum absolute atomic E-state index is 0.959. The molecule has 0 radical (unpaired) electrons. The summed E-state index contributed by atoms with van der Waals surface area (Å²) in [6.45, 7) is 2.04. The predicted molar refractivity (Wildman–Crippen MR) is 39.1 cm³/mol. The minimum Gasteiger partial charge on any atom is -0.308 e. The van der Waals surface area contributed by atoms with E-state index in [4.69, 9.17) is 5.41 Å². The number of hydrogen-bond donors (Lipinski definition) is 1. The molecule has 0 unspecified atom stereocenters. The van der Waals surface area contributed by atoms with E-state index in [0.29, 0.717) is 0 Å². The van der Waals surface area contributed by atoms with Gasteiger partial charge >= 0.3 is 0 Å². The SMILES string of the molecule is Cc1ccc(C=N)cc1. The Hall–Kier alpha value is -1.11. The molecule has 0 amide bonds. The summed E-state index contributed by atoms with van der Waals surface area (Å²) in [6, 6.07) is 7.87. The highest BCUT2D eigenvalue weighted by atomic mass is 14.3. The minimum atomic E-state index is 0.959. The van der Waals surface area contributed by atoms with E-state index in [2.05, 4.69) is 0 Å². The lowest BCUT2D eigenvalue weighted by molar-refractivity contribution is 1.45. The van der Waals surface area contributed by atoms with Crippen LogP contribution in [-0.2, 0) is 0 Å². The number of hydrogen-bond acceptors (Lipinski definition) is 1. The van der Waals surface area contributed by atoms with Crippen LogP contribution in [0.15, 0.2) is 24.3 Å². The first kappa shape index (κ1) is 6.02. The van der Waals surface area contributed by atoms with Gasteiger partial charge in [-0.25, -0.2) is 0 Å². The van der Waals surface area contributed by atoms with Gasteiger partial charge in [-0.05, 0) is 12.5 Å². The van der Waals surface area contributed by atoms with Crippen LogP contribution >= 0.6 is 0 Å². The summed E-state index contributed by atoms with van der Waals surface area (Å²) in [7, 11) is 0. The van der Waals surface area contributed by atoms with E-state index < -0.39 is 0 Å². The van der Waals surface area contributed by atoms with E-state index in [9.17, 15) is 0 Å². The molecule has 0 heterocycles. The molecule has 1 rings (SSSR count). The summed E-state index contributed by atoms with van der Waals surface area (Å²) in [4.78, 5) is 0. The zero-order valence-corrected chi connectivity index (χ0v) is 5.39. The normalized spacial score (nSPS) is 9.00. The Kier molecular flexibility index (Phi) is 1.63. The highest BCUT2D eigenvalue weighted by molar-refractivity contribution is 5.76. The van der Waals surface area contributed by atoms with Crippen LogP contribution in [0.5, 0.6) is 0 Å². The number of rotatable bonds is 1. The third-order valence-corrected chi connectivity index (χ3v) is 1.24. The van der Waals surface area contributed by atoms with E-state index in [0.717, 1.165) is 5.56 Å². The standard InChI is InChI=1S/C8H9N/c1-7-2-4-8(6-9)5-3-7/h2-6,9H,1H3. The molecule has 0 aliphatic heterocycles. The van der Waals surface area contributed by atoms with Crippen LogP contribution in [0.3, 0.4) is 0 Å². The number of aryl methyl sites for hydroxylation is 1. The molecule has 0 aliphatic rings. The van der Waals surface area contributed by atoms with Crippen LogP contribution in [0.4, 0.5) is 0 Å². The van der Waals surface area contributed by atoms with Crippen molar-refractivity contribution in [3.63, 3.8) is 0 Å². The van der Waals surface area contributed by atoms with Gasteiger partial charge in [0.1, 0.15) is 0 Å². The molecule has 9 heavy (non-hydrogen) atoms. The van der Waals surface area contributed by atoms with Gasteiger partial charge in [0.05, 0.1) is 0 Å². The van der Waals surface area contributed by atoms with Gasteiger partial charge in [-0.2, -0.15) is 0 Å². The molecule has 0 bridgehead atoms. The van der Waals surface area contributed by atoms with Crippen molar-refractivity contribution in [1.82, 2.24) is 0 Å². The molecule has 0 fully saturated rings. The lowest BCUT2D eigenvalue weighted by atomic mass is 10.2. The number of nitrogens with one attached hydrogen (secondary N) is 1. The first-order chi connectivity index (χ1) is 4.33. The van der Waals surface area contributed by atoms with Crippen LogP contribution in [0.25, 0.3) is 0 Å². The van der Waals surface area contributed by atoms with Crippen molar-refractivity contribution in [3.05, 3.63) is 35.4 Å². The van der Waals surface area contributed by atoms with Crippen molar-refractivity contribution < 1.29 is 0 Å². The second-order valence-electron chi connectivity index (χ2n) is 2.06. The molecule has 0 aliphatic carbocycles. The van der Waals surface area contributed by atoms with Gasteiger partial charge in [-0.3, -0.25) is 0 Å². The van der Waals surface area contributed by atoms with E-state index in [1.54, 1.807) is 0 Å². The second-order valence-corrected chi connectivity index (χ2v) is 2.06. The zero-order valence-electron chi connectivity index (χ0n) is 5.39. The maximum atomic E-state index is 6.89. The van der Waals surface area contributed by atoms with Gasteiger partial charge in [-0.1, -0.05) is 29.8 Å². The summed E-state index contributed by atoms with van der Waals surface area (Å²) in [5, 5.41) is 6.89. The van der Waals surface area contributed by atoms with Crippen LogP contribution in [-0.4, -0.2) is 6.21 Å². The fourth-order valence-electron chi connectivity index (χ4n) is 0.663. The summed E-state index contributed by atoms with van der Waals surface area (Å²) in [6.07, 6.45) is 1.35. The van der Waals surface area contributed by atoms with Crippen molar-refractivity contribution in [3.8, 4) is 0 Å². The van der Waals surface area contributed by atoms with Crippen molar-refractivity contribution in [1.29, 1.82) is 5.41 Å². The Labute approximate surface area is 54.8 Å². The lowest BCUT2D eigenvalue weighted by Crippen LogP contribution is -1.77. The average Bonchev–Trinajstić information content (AvgIpc) is 1.90. The molecule has 46 valence electrons. The third-order valence-electron chi connectivity index (χ3n) is 1.24. The van der Waals surface area contributed by atoms with Gasteiger partial charge < -0.3 is 5.41 Å². The van der Waals surface area contributed by atoms with Crippen LogP contribution in [0.2, 0.25) is 0 Å². The molecule has 0 atom stereocenters. The van der Waals surface area contributed by atoms with Crippen molar-refractivity contribution >= 4 is 6.21 Å². The monoisotopic (exact) mass is 119 g/mol. The Morgan fingerprint density at radius 1 is 1.22 bits per heavy atom. The number of benzene rings is 1. The fraction of sp³-hybridized carbons (Fsp3) is 0.125. The first-order valence-electron chi connectivity index (χ1n) is 2.90. The van der Waals surface area contributed by atoms with Gasteiger partial charge in [0.2, 0.25) is 0 Å². The highest BCUT2D eigenvalue weighted by Crippen LogP contribution is 1.98. The second kappa shape index (κ2) is 2.44. The highest BCUT2D eigenvalue weighted by Gasteiger charge is 1.83. The zero-order chi connectivity index (χ0) is 6.69. The van der Waals surface area contributed by atoms with Crippen molar-refractivity contribution in [2.45, 2.75) is 6.92 Å². The Bertz CT molecular complexity index is 198. The fourth-order valence-corrected chi connectivity index (χ4v) is 0.663. The third kappa shape index (κ3) is 1.39. The van der Waals surface area contributed by atoms with Gasteiger partial charge in [-0.15, -0.1) is 0 Å².